The number of anilines is 3. The number of nitrogens with zero attached hydrogens (tertiary/aromatic N) is 4. The number of hydrogen-bond acceptors (Lipinski definition) is 4. The van der Waals surface area contributed by atoms with E-state index in [1.807, 2.05) is 36.2 Å². The Kier molecular flexibility index (Phi) is 5.36. The second-order valence-corrected chi connectivity index (χ2v) is 7.20. The number of rotatable bonds is 3. The lowest BCUT2D eigenvalue weighted by Gasteiger charge is -2.31. The molecule has 0 amide bonds. The van der Waals surface area contributed by atoms with E-state index in [1.165, 1.54) is 11.1 Å². The number of halogens is 1. The Morgan fingerprint density at radius 3 is 2.31 bits per heavy atom. The van der Waals surface area contributed by atoms with E-state index in [0.717, 1.165) is 47.9 Å². The van der Waals surface area contributed by atoms with Crippen molar-refractivity contribution in [2.75, 3.05) is 23.4 Å². The number of hydrogen-bond donors (Lipinski definition) is 0. The molecular formula is C24H23ClN4. The van der Waals surface area contributed by atoms with Crippen LogP contribution in [-0.2, 0) is 13.0 Å². The molecule has 3 aromatic carbocycles. The first kappa shape index (κ1) is 19.2. The first-order valence-electron chi connectivity index (χ1n) is 9.67. The van der Waals surface area contributed by atoms with Gasteiger partial charge in [0.15, 0.2) is 0 Å². The van der Waals surface area contributed by atoms with Gasteiger partial charge in [-0.2, -0.15) is 4.98 Å². The molecule has 0 unspecified atom stereocenters. The van der Waals surface area contributed by atoms with Crippen molar-refractivity contribution in [3.63, 3.8) is 0 Å². The predicted molar refractivity (Wildman–Crippen MR) is 122 cm³/mol. The number of aromatic nitrogens is 2. The van der Waals surface area contributed by atoms with Crippen LogP contribution in [0, 0.1) is 0 Å². The first-order valence-corrected chi connectivity index (χ1v) is 9.67. The highest BCUT2D eigenvalue weighted by Crippen LogP contribution is 2.31. The zero-order chi connectivity index (χ0) is 18.9. The zero-order valence-electron chi connectivity index (χ0n) is 16.3. The molecule has 29 heavy (non-hydrogen) atoms. The van der Waals surface area contributed by atoms with E-state index in [-0.39, 0.29) is 12.4 Å². The Labute approximate surface area is 177 Å². The molecular weight excluding hydrogens is 380 g/mol. The fourth-order valence-corrected chi connectivity index (χ4v) is 3.88. The molecule has 1 aromatic heterocycles. The predicted octanol–water partition coefficient (Wildman–Crippen LogP) is 5.38. The van der Waals surface area contributed by atoms with Gasteiger partial charge in [-0.05, 0) is 41.8 Å². The third-order valence-corrected chi connectivity index (χ3v) is 5.44. The van der Waals surface area contributed by atoms with E-state index in [9.17, 15) is 0 Å². The van der Waals surface area contributed by atoms with Crippen LogP contribution in [-0.4, -0.2) is 23.6 Å². The van der Waals surface area contributed by atoms with Gasteiger partial charge >= 0.3 is 0 Å². The molecule has 1 aliphatic heterocycles. The summed E-state index contributed by atoms with van der Waals surface area (Å²) in [5.74, 6) is 1.73. The molecule has 5 rings (SSSR count). The highest BCUT2D eigenvalue weighted by atomic mass is 35.5. The lowest BCUT2D eigenvalue weighted by molar-refractivity contribution is 0.723. The maximum absolute atomic E-state index is 5.01. The number of fused-ring (bicyclic) bond motifs is 2. The van der Waals surface area contributed by atoms with Crippen LogP contribution in [0.2, 0.25) is 0 Å². The van der Waals surface area contributed by atoms with E-state index in [2.05, 4.69) is 59.5 Å². The van der Waals surface area contributed by atoms with Crippen LogP contribution in [0.1, 0.15) is 11.1 Å². The van der Waals surface area contributed by atoms with Crippen molar-refractivity contribution in [1.82, 2.24) is 9.97 Å². The minimum atomic E-state index is 0. The molecule has 1 aliphatic rings. The first-order chi connectivity index (χ1) is 13.8. The smallest absolute Gasteiger partial charge is 0.232 e. The molecule has 4 aromatic rings. The van der Waals surface area contributed by atoms with Crippen molar-refractivity contribution in [1.29, 1.82) is 0 Å². The van der Waals surface area contributed by atoms with E-state index in [0.29, 0.717) is 0 Å². The largest absolute Gasteiger partial charge is 0.351 e. The molecule has 0 fully saturated rings. The van der Waals surface area contributed by atoms with Gasteiger partial charge in [0.1, 0.15) is 5.82 Å². The molecule has 0 spiro atoms. The molecule has 0 aliphatic carbocycles. The molecule has 5 heteroatoms. The van der Waals surface area contributed by atoms with Crippen LogP contribution in [0.3, 0.4) is 0 Å². The Bertz CT molecular complexity index is 1130. The van der Waals surface area contributed by atoms with Crippen LogP contribution in [0.5, 0.6) is 0 Å². The second-order valence-electron chi connectivity index (χ2n) is 7.20. The van der Waals surface area contributed by atoms with Gasteiger partial charge in [-0.25, -0.2) is 4.98 Å². The molecule has 4 nitrogen and oxygen atoms in total. The van der Waals surface area contributed by atoms with E-state index < -0.39 is 0 Å². The molecule has 146 valence electrons. The third kappa shape index (κ3) is 3.64. The quantitative estimate of drug-likeness (QED) is 0.460. The van der Waals surface area contributed by atoms with Crippen LogP contribution in [0.25, 0.3) is 10.9 Å². The van der Waals surface area contributed by atoms with Crippen LogP contribution in [0.4, 0.5) is 17.5 Å². The van der Waals surface area contributed by atoms with Crippen molar-refractivity contribution >= 4 is 40.8 Å². The molecule has 0 radical (unpaired) electrons. The second kappa shape index (κ2) is 8.10. The lowest BCUT2D eigenvalue weighted by Crippen LogP contribution is -2.31. The summed E-state index contributed by atoms with van der Waals surface area (Å²) in [5, 5.41) is 1.10. The maximum Gasteiger partial charge on any atom is 0.232 e. The average molecular weight is 403 g/mol. The average Bonchev–Trinajstić information content (AvgIpc) is 2.78. The fraction of sp³-hybridized carbons (Fsp3) is 0.167. The summed E-state index contributed by atoms with van der Waals surface area (Å²) in [4.78, 5) is 14.3. The molecule has 2 heterocycles. The van der Waals surface area contributed by atoms with Crippen LogP contribution in [0.15, 0.2) is 78.9 Å². The Morgan fingerprint density at radius 2 is 1.48 bits per heavy atom. The van der Waals surface area contributed by atoms with Gasteiger partial charge in [0, 0.05) is 31.2 Å². The van der Waals surface area contributed by atoms with Gasteiger partial charge in [-0.15, -0.1) is 12.4 Å². The van der Waals surface area contributed by atoms with E-state index >= 15 is 0 Å². The van der Waals surface area contributed by atoms with Crippen LogP contribution < -0.4 is 9.80 Å². The SMILES string of the molecule is CN(c1ccccc1)c1nc(N2CCc3ccccc3C2)c2ccccc2n1.Cl. The fourth-order valence-electron chi connectivity index (χ4n) is 3.88. The topological polar surface area (TPSA) is 32.3 Å². The summed E-state index contributed by atoms with van der Waals surface area (Å²) in [7, 11) is 2.02. The molecule has 0 atom stereocenters. The molecule has 0 saturated heterocycles. The zero-order valence-corrected chi connectivity index (χ0v) is 17.1. The summed E-state index contributed by atoms with van der Waals surface area (Å²) in [6.45, 7) is 1.85. The summed E-state index contributed by atoms with van der Waals surface area (Å²) in [5.41, 5.74) is 4.88. The molecule has 0 bridgehead atoms. The Morgan fingerprint density at radius 1 is 0.793 bits per heavy atom. The summed E-state index contributed by atoms with van der Waals surface area (Å²) >= 11 is 0. The number of para-hydroxylation sites is 2. The monoisotopic (exact) mass is 402 g/mol. The van der Waals surface area contributed by atoms with Crippen molar-refractivity contribution in [2.45, 2.75) is 13.0 Å². The van der Waals surface area contributed by atoms with E-state index in [1.54, 1.807) is 0 Å². The summed E-state index contributed by atoms with van der Waals surface area (Å²) in [6.07, 6.45) is 1.04. The molecule has 0 saturated carbocycles. The van der Waals surface area contributed by atoms with E-state index in [4.69, 9.17) is 9.97 Å². The van der Waals surface area contributed by atoms with Crippen molar-refractivity contribution in [3.05, 3.63) is 90.0 Å². The minimum Gasteiger partial charge on any atom is -0.351 e. The van der Waals surface area contributed by atoms with Gasteiger partial charge in [0.05, 0.1) is 5.52 Å². The summed E-state index contributed by atoms with van der Waals surface area (Å²) in [6, 6.07) is 27.3. The maximum atomic E-state index is 5.01. The Hall–Kier alpha value is -3.11. The standard InChI is InChI=1S/C24H22N4.ClH/c1-27(20-11-3-2-4-12-20)24-25-22-14-8-7-13-21(22)23(26-24)28-16-15-18-9-5-6-10-19(18)17-28;/h2-14H,15-17H2,1H3;1H. The number of benzene rings is 3. The lowest BCUT2D eigenvalue weighted by atomic mass is 10.00. The van der Waals surface area contributed by atoms with Crippen molar-refractivity contribution in [3.8, 4) is 0 Å². The van der Waals surface area contributed by atoms with Gasteiger partial charge < -0.3 is 9.80 Å². The van der Waals surface area contributed by atoms with Crippen LogP contribution >= 0.6 is 12.4 Å². The van der Waals surface area contributed by atoms with Gasteiger partial charge in [-0.1, -0.05) is 54.6 Å². The third-order valence-electron chi connectivity index (χ3n) is 5.44. The summed E-state index contributed by atoms with van der Waals surface area (Å²) < 4.78 is 0. The van der Waals surface area contributed by atoms with Gasteiger partial charge in [-0.3, -0.25) is 0 Å². The van der Waals surface area contributed by atoms with Gasteiger partial charge in [0.25, 0.3) is 0 Å². The Balaban J connectivity index is 0.00000205. The minimum absolute atomic E-state index is 0. The normalized spacial score (nSPS) is 12.9. The highest BCUT2D eigenvalue weighted by molar-refractivity contribution is 5.91. The highest BCUT2D eigenvalue weighted by Gasteiger charge is 2.21. The van der Waals surface area contributed by atoms with Crippen molar-refractivity contribution in [2.24, 2.45) is 0 Å². The van der Waals surface area contributed by atoms with Crippen molar-refractivity contribution < 1.29 is 0 Å². The van der Waals surface area contributed by atoms with Gasteiger partial charge in [0.2, 0.25) is 5.95 Å². The molecule has 0 N–H and O–H groups in total.